The largest absolute Gasteiger partial charge is 0.316 e. The fraction of sp³-hybridized carbons (Fsp3) is 0.235. The maximum atomic E-state index is 6.34. The van der Waals surface area contributed by atoms with Crippen LogP contribution >= 0.6 is 11.6 Å². The highest BCUT2D eigenvalue weighted by Crippen LogP contribution is 2.25. The van der Waals surface area contributed by atoms with Crippen LogP contribution in [0, 0.1) is 11.8 Å². The van der Waals surface area contributed by atoms with Crippen molar-refractivity contribution in [3.63, 3.8) is 0 Å². The molecule has 0 atom stereocenters. The van der Waals surface area contributed by atoms with E-state index in [2.05, 4.69) is 28.2 Å². The van der Waals surface area contributed by atoms with Crippen LogP contribution in [0.15, 0.2) is 36.7 Å². The fourth-order valence-electron chi connectivity index (χ4n) is 2.45. The first-order valence-electron chi connectivity index (χ1n) is 6.77. The molecule has 3 rings (SSSR count). The summed E-state index contributed by atoms with van der Waals surface area (Å²) < 4.78 is 0. The summed E-state index contributed by atoms with van der Waals surface area (Å²) in [6.45, 7) is 2.00. The first-order chi connectivity index (χ1) is 9.84. The zero-order chi connectivity index (χ0) is 13.8. The lowest BCUT2D eigenvalue weighted by Crippen LogP contribution is -2.16. The molecule has 0 radical (unpaired) electrons. The number of fused-ring (bicyclic) bond motifs is 1. The van der Waals surface area contributed by atoms with Crippen LogP contribution in [-0.2, 0) is 12.8 Å². The Balaban J connectivity index is 2.03. The molecule has 0 amide bonds. The van der Waals surface area contributed by atoms with Crippen LogP contribution in [0.25, 0.3) is 0 Å². The van der Waals surface area contributed by atoms with Crippen molar-refractivity contribution in [2.45, 2.75) is 12.8 Å². The van der Waals surface area contributed by atoms with Gasteiger partial charge >= 0.3 is 0 Å². The first-order valence-corrected chi connectivity index (χ1v) is 7.15. The van der Waals surface area contributed by atoms with Crippen LogP contribution in [0.4, 0.5) is 0 Å². The zero-order valence-electron chi connectivity index (χ0n) is 11.1. The van der Waals surface area contributed by atoms with Crippen molar-refractivity contribution in [2.24, 2.45) is 0 Å². The molecule has 0 spiro atoms. The van der Waals surface area contributed by atoms with Gasteiger partial charge in [-0.1, -0.05) is 29.5 Å². The second kappa shape index (κ2) is 6.09. The molecule has 0 saturated heterocycles. The Labute approximate surface area is 124 Å². The van der Waals surface area contributed by atoms with Gasteiger partial charge in [0.15, 0.2) is 0 Å². The summed E-state index contributed by atoms with van der Waals surface area (Å²) in [7, 11) is 0. The van der Waals surface area contributed by atoms with E-state index in [1.807, 2.05) is 18.2 Å². The van der Waals surface area contributed by atoms with Crippen LogP contribution in [0.3, 0.4) is 0 Å². The molecule has 1 aliphatic heterocycles. The predicted molar refractivity (Wildman–Crippen MR) is 81.9 cm³/mol. The third-order valence-corrected chi connectivity index (χ3v) is 3.79. The number of benzene rings is 1. The second-order valence-corrected chi connectivity index (χ2v) is 5.21. The topological polar surface area (TPSA) is 24.9 Å². The molecular weight excluding hydrogens is 268 g/mol. The smallest absolute Gasteiger partial charge is 0.0565 e. The van der Waals surface area contributed by atoms with E-state index in [4.69, 9.17) is 11.6 Å². The highest BCUT2D eigenvalue weighted by Gasteiger charge is 2.13. The molecule has 3 heteroatoms. The SMILES string of the molecule is Clc1ccc2c(c1C#Cc1cccnc1)CCNCC2. The van der Waals surface area contributed by atoms with Crippen LogP contribution in [-0.4, -0.2) is 18.1 Å². The Morgan fingerprint density at radius 2 is 2.00 bits per heavy atom. The van der Waals surface area contributed by atoms with E-state index in [-0.39, 0.29) is 0 Å². The average Bonchev–Trinajstić information content (AvgIpc) is 2.73. The number of aromatic nitrogens is 1. The molecule has 2 aromatic rings. The summed E-state index contributed by atoms with van der Waals surface area (Å²) in [6, 6.07) is 7.93. The Morgan fingerprint density at radius 1 is 1.10 bits per heavy atom. The van der Waals surface area contributed by atoms with Crippen molar-refractivity contribution < 1.29 is 0 Å². The average molecular weight is 283 g/mol. The van der Waals surface area contributed by atoms with Crippen molar-refractivity contribution in [3.05, 3.63) is 63.9 Å². The van der Waals surface area contributed by atoms with Crippen LogP contribution in [0.1, 0.15) is 22.3 Å². The van der Waals surface area contributed by atoms with E-state index in [9.17, 15) is 0 Å². The minimum absolute atomic E-state index is 0.738. The van der Waals surface area contributed by atoms with Crippen LogP contribution < -0.4 is 5.32 Å². The third kappa shape index (κ3) is 2.85. The summed E-state index contributed by atoms with van der Waals surface area (Å²) in [5.74, 6) is 6.39. The van der Waals surface area contributed by atoms with Gasteiger partial charge in [0.2, 0.25) is 0 Å². The number of halogens is 1. The molecule has 0 aliphatic carbocycles. The molecule has 20 heavy (non-hydrogen) atoms. The first kappa shape index (κ1) is 13.2. The van der Waals surface area contributed by atoms with Gasteiger partial charge in [0.1, 0.15) is 0 Å². The minimum atomic E-state index is 0.738. The third-order valence-electron chi connectivity index (χ3n) is 3.48. The van der Waals surface area contributed by atoms with E-state index < -0.39 is 0 Å². The van der Waals surface area contributed by atoms with Gasteiger partial charge in [-0.05, 0) is 55.3 Å². The molecule has 1 aromatic carbocycles. The van der Waals surface area contributed by atoms with Gasteiger partial charge in [0.25, 0.3) is 0 Å². The molecule has 1 aromatic heterocycles. The van der Waals surface area contributed by atoms with E-state index in [1.165, 1.54) is 11.1 Å². The maximum Gasteiger partial charge on any atom is 0.0565 e. The molecule has 100 valence electrons. The number of nitrogens with zero attached hydrogens (tertiary/aromatic N) is 1. The Bertz CT molecular complexity index is 669. The number of hydrogen-bond donors (Lipinski definition) is 1. The summed E-state index contributed by atoms with van der Waals surface area (Å²) >= 11 is 6.34. The van der Waals surface area contributed by atoms with Gasteiger partial charge < -0.3 is 5.32 Å². The molecule has 2 nitrogen and oxygen atoms in total. The number of nitrogens with one attached hydrogen (secondary N) is 1. The molecule has 1 N–H and O–H groups in total. The van der Waals surface area contributed by atoms with E-state index in [0.29, 0.717) is 0 Å². The quantitative estimate of drug-likeness (QED) is 0.752. The second-order valence-electron chi connectivity index (χ2n) is 4.80. The van der Waals surface area contributed by atoms with E-state index >= 15 is 0 Å². The van der Waals surface area contributed by atoms with Gasteiger partial charge in [0.05, 0.1) is 5.02 Å². The van der Waals surface area contributed by atoms with Gasteiger partial charge in [-0.2, -0.15) is 0 Å². The van der Waals surface area contributed by atoms with Crippen molar-refractivity contribution in [1.29, 1.82) is 0 Å². The predicted octanol–water partition coefficient (Wildman–Crippen LogP) is 2.82. The number of pyridine rings is 1. The monoisotopic (exact) mass is 282 g/mol. The van der Waals surface area contributed by atoms with Gasteiger partial charge in [-0.25, -0.2) is 0 Å². The van der Waals surface area contributed by atoms with Gasteiger partial charge in [-0.3, -0.25) is 4.98 Å². The molecule has 0 saturated carbocycles. The normalized spacial score (nSPS) is 13.8. The highest BCUT2D eigenvalue weighted by molar-refractivity contribution is 6.31. The Hall–Kier alpha value is -1.82. The van der Waals surface area contributed by atoms with E-state index in [1.54, 1.807) is 12.4 Å². The Morgan fingerprint density at radius 3 is 2.85 bits per heavy atom. The molecule has 0 bridgehead atoms. The summed E-state index contributed by atoms with van der Waals surface area (Å²) in [6.07, 6.45) is 5.53. The summed E-state index contributed by atoms with van der Waals surface area (Å²) in [5, 5.41) is 4.15. The van der Waals surface area contributed by atoms with Crippen molar-refractivity contribution >= 4 is 11.6 Å². The molecule has 0 unspecified atom stereocenters. The summed E-state index contributed by atoms with van der Waals surface area (Å²) in [4.78, 5) is 4.08. The van der Waals surface area contributed by atoms with Gasteiger partial charge in [-0.15, -0.1) is 0 Å². The maximum absolute atomic E-state index is 6.34. The van der Waals surface area contributed by atoms with E-state index in [0.717, 1.165) is 42.1 Å². The van der Waals surface area contributed by atoms with Gasteiger partial charge in [0, 0.05) is 23.5 Å². The van der Waals surface area contributed by atoms with Crippen molar-refractivity contribution in [2.75, 3.05) is 13.1 Å². The minimum Gasteiger partial charge on any atom is -0.316 e. The lowest BCUT2D eigenvalue weighted by molar-refractivity contribution is 0.711. The summed E-state index contributed by atoms with van der Waals surface area (Å²) in [5.41, 5.74) is 4.53. The lowest BCUT2D eigenvalue weighted by atomic mass is 9.97. The highest BCUT2D eigenvalue weighted by atomic mass is 35.5. The standard InChI is InChI=1S/C17H15ClN2/c18-17-6-4-14-7-10-19-11-8-15(14)16(17)5-3-13-2-1-9-20-12-13/h1-2,4,6,9,12,19H,7-8,10-11H2. The van der Waals surface area contributed by atoms with Crippen LogP contribution in [0.2, 0.25) is 5.02 Å². The van der Waals surface area contributed by atoms with Crippen molar-refractivity contribution in [1.82, 2.24) is 10.3 Å². The molecule has 0 fully saturated rings. The number of rotatable bonds is 0. The fourth-order valence-corrected chi connectivity index (χ4v) is 2.67. The molecule has 2 heterocycles. The lowest BCUT2D eigenvalue weighted by Gasteiger charge is -2.09. The number of hydrogen-bond acceptors (Lipinski definition) is 2. The molecular formula is C17H15ClN2. The van der Waals surface area contributed by atoms with Crippen molar-refractivity contribution in [3.8, 4) is 11.8 Å². The van der Waals surface area contributed by atoms with Crippen LogP contribution in [0.5, 0.6) is 0 Å². The Kier molecular flexibility index (Phi) is 4.01. The zero-order valence-corrected chi connectivity index (χ0v) is 11.9. The molecule has 1 aliphatic rings.